The summed E-state index contributed by atoms with van der Waals surface area (Å²) in [5.41, 5.74) is -0.753. The van der Waals surface area contributed by atoms with Crippen LogP contribution in [0, 0.1) is 11.3 Å². The van der Waals surface area contributed by atoms with E-state index < -0.39 is 5.54 Å². The lowest BCUT2D eigenvalue weighted by molar-refractivity contribution is 0.172. The second kappa shape index (κ2) is 4.04. The summed E-state index contributed by atoms with van der Waals surface area (Å²) < 4.78 is 0. The minimum Gasteiger partial charge on any atom is -0.318 e. The Hall–Kier alpha value is -1.54. The van der Waals surface area contributed by atoms with E-state index in [0.717, 1.165) is 4.88 Å². The van der Waals surface area contributed by atoms with Crippen molar-refractivity contribution in [3.63, 3.8) is 0 Å². The van der Waals surface area contributed by atoms with Gasteiger partial charge in [0.25, 0.3) is 0 Å². The Morgan fingerprint density at radius 2 is 2.29 bits per heavy atom. The summed E-state index contributed by atoms with van der Waals surface area (Å²) in [6.07, 6.45) is 0. The third-order valence-electron chi connectivity index (χ3n) is 3.18. The van der Waals surface area contributed by atoms with E-state index >= 15 is 0 Å². The molecule has 1 aliphatic heterocycles. The van der Waals surface area contributed by atoms with Crippen molar-refractivity contribution in [2.45, 2.75) is 25.4 Å². The third-order valence-corrected chi connectivity index (χ3v) is 4.15. The average Bonchev–Trinajstić information content (AvgIpc) is 2.89. The van der Waals surface area contributed by atoms with E-state index in [9.17, 15) is 4.79 Å². The maximum absolute atomic E-state index is 12.1. The van der Waals surface area contributed by atoms with Gasteiger partial charge in [0, 0.05) is 18.5 Å². The van der Waals surface area contributed by atoms with Gasteiger partial charge in [0.05, 0.1) is 12.1 Å². The smallest absolute Gasteiger partial charge is 0.318 e. The van der Waals surface area contributed by atoms with E-state index in [1.807, 2.05) is 17.5 Å². The van der Waals surface area contributed by atoms with Crippen LogP contribution < -0.4 is 0 Å². The van der Waals surface area contributed by atoms with Crippen molar-refractivity contribution in [1.82, 2.24) is 9.80 Å². The number of nitriles is 1. The van der Waals surface area contributed by atoms with E-state index in [4.69, 9.17) is 5.26 Å². The first-order valence-corrected chi connectivity index (χ1v) is 6.34. The summed E-state index contributed by atoms with van der Waals surface area (Å²) in [5, 5.41) is 11.1. The Morgan fingerprint density at radius 3 is 2.82 bits per heavy atom. The molecular formula is C12H15N3OS. The third kappa shape index (κ3) is 1.89. The number of carbonyl (C=O) groups excluding carboxylic acids is 1. The lowest BCUT2D eigenvalue weighted by Crippen LogP contribution is -2.44. The van der Waals surface area contributed by atoms with Crippen molar-refractivity contribution >= 4 is 17.4 Å². The predicted molar refractivity (Wildman–Crippen MR) is 66.6 cm³/mol. The van der Waals surface area contributed by atoms with E-state index in [1.54, 1.807) is 42.0 Å². The van der Waals surface area contributed by atoms with Crippen molar-refractivity contribution in [1.29, 1.82) is 5.26 Å². The second-order valence-electron chi connectivity index (χ2n) is 4.71. The number of rotatable bonds is 2. The molecule has 4 nitrogen and oxygen atoms in total. The number of hydrogen-bond acceptors (Lipinski definition) is 3. The maximum Gasteiger partial charge on any atom is 0.321 e. The Kier molecular flexibility index (Phi) is 2.84. The summed E-state index contributed by atoms with van der Waals surface area (Å²) in [7, 11) is 1.79. The molecule has 2 rings (SSSR count). The van der Waals surface area contributed by atoms with E-state index in [2.05, 4.69) is 6.07 Å². The van der Waals surface area contributed by atoms with Gasteiger partial charge in [-0.2, -0.15) is 5.26 Å². The largest absolute Gasteiger partial charge is 0.321 e. The summed E-state index contributed by atoms with van der Waals surface area (Å²) in [6, 6.07) is 6.18. The molecule has 17 heavy (non-hydrogen) atoms. The van der Waals surface area contributed by atoms with Crippen molar-refractivity contribution in [3.8, 4) is 6.07 Å². The molecule has 0 radical (unpaired) electrons. The minimum absolute atomic E-state index is 0.0649. The maximum atomic E-state index is 12.1. The van der Waals surface area contributed by atoms with Crippen LogP contribution in [-0.4, -0.2) is 35.0 Å². The average molecular weight is 249 g/mol. The molecule has 0 N–H and O–H groups in total. The molecule has 90 valence electrons. The van der Waals surface area contributed by atoms with Gasteiger partial charge in [-0.15, -0.1) is 11.3 Å². The number of carbonyl (C=O) groups is 1. The fraction of sp³-hybridized carbons (Fsp3) is 0.500. The minimum atomic E-state index is -0.753. The van der Waals surface area contributed by atoms with E-state index in [0.29, 0.717) is 6.54 Å². The standard InChI is InChI=1S/C12H15N3OS/c1-12(2,8-13)15-7-9(14(3)11(15)16)10-5-4-6-17-10/h4-6,9H,7H2,1-3H3. The van der Waals surface area contributed by atoms with E-state index in [1.165, 1.54) is 0 Å². The monoisotopic (exact) mass is 249 g/mol. The molecule has 1 aliphatic rings. The highest BCUT2D eigenvalue weighted by Crippen LogP contribution is 2.34. The summed E-state index contributed by atoms with van der Waals surface area (Å²) in [6.45, 7) is 4.13. The first-order chi connectivity index (χ1) is 7.97. The van der Waals surface area contributed by atoms with Crippen LogP contribution in [0.2, 0.25) is 0 Å². The Morgan fingerprint density at radius 1 is 1.59 bits per heavy atom. The number of likely N-dealkylation sites (N-methyl/N-ethyl adjacent to an activating group) is 1. The quantitative estimate of drug-likeness (QED) is 0.808. The molecular weight excluding hydrogens is 234 g/mol. The van der Waals surface area contributed by atoms with Gasteiger partial charge in [0.2, 0.25) is 0 Å². The lowest BCUT2D eigenvalue weighted by atomic mass is 10.1. The summed E-state index contributed by atoms with van der Waals surface area (Å²) >= 11 is 1.64. The van der Waals surface area contributed by atoms with Gasteiger partial charge in [-0.25, -0.2) is 4.79 Å². The Bertz CT molecular complexity index is 461. The number of thiophene rings is 1. The number of amides is 2. The van der Waals surface area contributed by atoms with Crippen molar-refractivity contribution < 1.29 is 4.79 Å². The predicted octanol–water partition coefficient (Wildman–Crippen LogP) is 2.46. The Labute approximate surface area is 105 Å². The fourth-order valence-electron chi connectivity index (χ4n) is 1.99. The summed E-state index contributed by atoms with van der Waals surface area (Å²) in [5.74, 6) is 0. The topological polar surface area (TPSA) is 47.3 Å². The zero-order chi connectivity index (χ0) is 12.6. The number of urea groups is 1. The number of nitrogens with zero attached hydrogens (tertiary/aromatic N) is 3. The van der Waals surface area contributed by atoms with Gasteiger partial charge in [0.1, 0.15) is 5.54 Å². The van der Waals surface area contributed by atoms with Gasteiger partial charge in [-0.3, -0.25) is 0 Å². The fourth-order valence-corrected chi connectivity index (χ4v) is 2.85. The molecule has 0 spiro atoms. The molecule has 1 unspecified atom stereocenters. The van der Waals surface area contributed by atoms with Crippen LogP contribution in [0.1, 0.15) is 24.8 Å². The zero-order valence-electron chi connectivity index (χ0n) is 10.2. The molecule has 2 amide bonds. The molecule has 1 fully saturated rings. The molecule has 0 aromatic carbocycles. The SMILES string of the molecule is CN1C(=O)N(C(C)(C)C#N)CC1c1cccs1. The van der Waals surface area contributed by atoms with Crippen LogP contribution in [0.25, 0.3) is 0 Å². The highest BCUT2D eigenvalue weighted by molar-refractivity contribution is 7.10. The van der Waals surface area contributed by atoms with Gasteiger partial charge in [-0.05, 0) is 25.3 Å². The Balaban J connectivity index is 2.27. The first-order valence-electron chi connectivity index (χ1n) is 5.46. The van der Waals surface area contributed by atoms with Gasteiger partial charge >= 0.3 is 6.03 Å². The highest BCUT2D eigenvalue weighted by Gasteiger charge is 2.43. The van der Waals surface area contributed by atoms with Crippen molar-refractivity contribution in [2.75, 3.05) is 13.6 Å². The lowest BCUT2D eigenvalue weighted by Gasteiger charge is -2.27. The second-order valence-corrected chi connectivity index (χ2v) is 5.69. The van der Waals surface area contributed by atoms with Crippen molar-refractivity contribution in [2.24, 2.45) is 0 Å². The molecule has 1 saturated heterocycles. The van der Waals surface area contributed by atoms with Crippen LogP contribution in [0.5, 0.6) is 0 Å². The molecule has 0 aliphatic carbocycles. The molecule has 1 aromatic heterocycles. The van der Waals surface area contributed by atoms with Gasteiger partial charge in [-0.1, -0.05) is 6.07 Å². The van der Waals surface area contributed by atoms with Crippen LogP contribution in [-0.2, 0) is 0 Å². The van der Waals surface area contributed by atoms with Crippen LogP contribution >= 0.6 is 11.3 Å². The molecule has 0 bridgehead atoms. The molecule has 1 aromatic rings. The molecule has 0 saturated carbocycles. The highest BCUT2D eigenvalue weighted by atomic mass is 32.1. The normalized spacial score (nSPS) is 20.8. The van der Waals surface area contributed by atoms with Crippen LogP contribution in [0.3, 0.4) is 0 Å². The van der Waals surface area contributed by atoms with E-state index in [-0.39, 0.29) is 12.1 Å². The van der Waals surface area contributed by atoms with Gasteiger partial charge in [0.15, 0.2) is 0 Å². The van der Waals surface area contributed by atoms with Crippen LogP contribution in [0.15, 0.2) is 17.5 Å². The molecule has 5 heteroatoms. The summed E-state index contributed by atoms with van der Waals surface area (Å²) in [4.78, 5) is 16.6. The van der Waals surface area contributed by atoms with Crippen LogP contribution in [0.4, 0.5) is 4.79 Å². The molecule has 2 heterocycles. The van der Waals surface area contributed by atoms with Gasteiger partial charge < -0.3 is 9.80 Å². The van der Waals surface area contributed by atoms with Crippen molar-refractivity contribution in [3.05, 3.63) is 22.4 Å². The number of hydrogen-bond donors (Lipinski definition) is 0. The zero-order valence-corrected chi connectivity index (χ0v) is 11.0. The molecule has 1 atom stereocenters. The first kappa shape index (κ1) is 11.9.